The predicted octanol–water partition coefficient (Wildman–Crippen LogP) is 1.11. The van der Waals surface area contributed by atoms with E-state index in [1.807, 2.05) is 0 Å². The van der Waals surface area contributed by atoms with Crippen LogP contribution in [0.15, 0.2) is 30.5 Å². The van der Waals surface area contributed by atoms with E-state index in [0.29, 0.717) is 27.7 Å². The van der Waals surface area contributed by atoms with Gasteiger partial charge < -0.3 is 24.1 Å². The molecule has 0 saturated heterocycles. The number of carboxylic acids is 1. The fourth-order valence-electron chi connectivity index (χ4n) is 3.77. The van der Waals surface area contributed by atoms with Crippen molar-refractivity contribution < 1.29 is 46.9 Å². The van der Waals surface area contributed by atoms with Crippen molar-refractivity contribution in [3.63, 3.8) is 0 Å². The van der Waals surface area contributed by atoms with Crippen molar-refractivity contribution in [2.24, 2.45) is 0 Å². The van der Waals surface area contributed by atoms with E-state index in [2.05, 4.69) is 4.98 Å². The topological polar surface area (TPSA) is 159 Å². The van der Waals surface area contributed by atoms with Crippen molar-refractivity contribution in [1.29, 1.82) is 0 Å². The van der Waals surface area contributed by atoms with Crippen LogP contribution >= 0.6 is 0 Å². The van der Waals surface area contributed by atoms with E-state index in [-0.39, 0.29) is 24.6 Å². The molecule has 2 heterocycles. The summed E-state index contributed by atoms with van der Waals surface area (Å²) >= 11 is 0. The number of carbonyl (C=O) groups excluding carboxylic acids is 2. The second kappa shape index (κ2) is 10.9. The largest absolute Gasteiger partial charge is 0.493 e. The summed E-state index contributed by atoms with van der Waals surface area (Å²) in [7, 11) is -0.0482. The Balaban J connectivity index is 1.80. The van der Waals surface area contributed by atoms with Crippen LogP contribution in [0.2, 0.25) is 0 Å². The first-order chi connectivity index (χ1) is 17.1. The smallest absolute Gasteiger partial charge is 0.323 e. The summed E-state index contributed by atoms with van der Waals surface area (Å²) in [6.45, 7) is 0.107. The van der Waals surface area contributed by atoms with Crippen molar-refractivity contribution in [1.82, 2.24) is 4.98 Å². The number of carbonyl (C=O) groups is 3. The van der Waals surface area contributed by atoms with Gasteiger partial charge in [0.05, 0.1) is 45.4 Å². The number of aliphatic carboxylic acids is 1. The molecule has 2 unspecified atom stereocenters. The van der Waals surface area contributed by atoms with E-state index in [9.17, 15) is 27.9 Å². The van der Waals surface area contributed by atoms with Gasteiger partial charge in [0.2, 0.25) is 11.0 Å². The van der Waals surface area contributed by atoms with E-state index >= 15 is 0 Å². The van der Waals surface area contributed by atoms with Gasteiger partial charge in [-0.1, -0.05) is 0 Å². The molecular weight excluding hydrogens is 496 g/mol. The molecule has 3 rings (SSSR count). The van der Waals surface area contributed by atoms with E-state index in [0.717, 1.165) is 0 Å². The van der Waals surface area contributed by atoms with Crippen LogP contribution in [0.3, 0.4) is 0 Å². The Kier molecular flexibility index (Phi) is 8.15. The highest BCUT2D eigenvalue weighted by atomic mass is 32.2. The van der Waals surface area contributed by atoms with Crippen LogP contribution in [0.4, 0.5) is 5.82 Å². The summed E-state index contributed by atoms with van der Waals surface area (Å²) in [6.07, 6.45) is 1.28. The number of methoxy groups -OCH3 is 3. The Morgan fingerprint density at radius 2 is 1.78 bits per heavy atom. The first-order valence-corrected chi connectivity index (χ1v) is 12.3. The zero-order chi connectivity index (χ0) is 26.6. The normalized spacial score (nSPS) is 16.3. The molecule has 1 aromatic carbocycles. The lowest BCUT2D eigenvalue weighted by molar-refractivity contribution is -0.136. The van der Waals surface area contributed by atoms with Crippen molar-refractivity contribution in [2.45, 2.75) is 24.0 Å². The van der Waals surface area contributed by atoms with Crippen molar-refractivity contribution >= 4 is 33.3 Å². The fourth-order valence-corrected chi connectivity index (χ4v) is 5.35. The number of nitrogens with zero attached hydrogens (tertiary/aromatic N) is 2. The Hall–Kier alpha value is -3.71. The number of sulfone groups is 1. The number of rotatable bonds is 11. The molecule has 2 atom stereocenters. The van der Waals surface area contributed by atoms with E-state index < -0.39 is 44.5 Å². The van der Waals surface area contributed by atoms with Gasteiger partial charge in [0.1, 0.15) is 12.4 Å². The number of carboxylic acid groups (broad SMARTS) is 1. The number of fused-ring (bicyclic) bond motifs is 1. The van der Waals surface area contributed by atoms with E-state index in [1.165, 1.54) is 46.6 Å². The number of pyridine rings is 1. The highest BCUT2D eigenvalue weighted by Gasteiger charge is 2.50. The number of hydrogen-bond donors (Lipinski definition) is 1. The molecular formula is C23H26N2O10S. The summed E-state index contributed by atoms with van der Waals surface area (Å²) in [6, 6.07) is 5.99. The summed E-state index contributed by atoms with van der Waals surface area (Å²) in [5.74, 6) is -2.53. The molecule has 0 bridgehead atoms. The van der Waals surface area contributed by atoms with E-state index in [4.69, 9.17) is 18.9 Å². The van der Waals surface area contributed by atoms with Crippen LogP contribution in [-0.2, 0) is 30.8 Å². The van der Waals surface area contributed by atoms with Gasteiger partial charge in [0, 0.05) is 6.20 Å². The molecule has 0 fully saturated rings. The molecule has 1 aliphatic rings. The average molecular weight is 523 g/mol. The third kappa shape index (κ3) is 5.11. The highest BCUT2D eigenvalue weighted by Crippen LogP contribution is 2.38. The molecule has 2 aromatic rings. The molecule has 1 aliphatic heterocycles. The van der Waals surface area contributed by atoms with Crippen LogP contribution in [0, 0.1) is 0 Å². The van der Waals surface area contributed by atoms with Gasteiger partial charge in [0.15, 0.2) is 27.1 Å². The second-order valence-corrected chi connectivity index (χ2v) is 10.3. The molecule has 0 aliphatic carbocycles. The van der Waals surface area contributed by atoms with Gasteiger partial charge in [-0.25, -0.2) is 13.4 Å². The van der Waals surface area contributed by atoms with Crippen molar-refractivity contribution in [2.75, 3.05) is 39.4 Å². The van der Waals surface area contributed by atoms with Crippen LogP contribution in [0.25, 0.3) is 0 Å². The lowest BCUT2D eigenvalue weighted by atomic mass is 10.0. The van der Waals surface area contributed by atoms with Gasteiger partial charge in [-0.05, 0) is 36.8 Å². The van der Waals surface area contributed by atoms with Gasteiger partial charge in [-0.3, -0.25) is 19.3 Å². The van der Waals surface area contributed by atoms with Crippen molar-refractivity contribution in [3.8, 4) is 17.2 Å². The maximum atomic E-state index is 13.3. The lowest BCUT2D eigenvalue weighted by Crippen LogP contribution is -2.55. The molecule has 1 N–H and O–H groups in total. The van der Waals surface area contributed by atoms with Crippen LogP contribution in [0.5, 0.6) is 17.2 Å². The Morgan fingerprint density at radius 1 is 1.14 bits per heavy atom. The molecule has 194 valence electrons. The first kappa shape index (κ1) is 26.9. The summed E-state index contributed by atoms with van der Waals surface area (Å²) in [4.78, 5) is 41.9. The third-order valence-electron chi connectivity index (χ3n) is 5.56. The number of ether oxygens (including phenoxy) is 4. The quantitative estimate of drug-likeness (QED) is 0.421. The third-order valence-corrected chi connectivity index (χ3v) is 7.90. The lowest BCUT2D eigenvalue weighted by Gasteiger charge is -2.31. The number of amides is 1. The van der Waals surface area contributed by atoms with Crippen LogP contribution in [0.1, 0.15) is 22.8 Å². The number of aromatic nitrogens is 1. The predicted molar refractivity (Wildman–Crippen MR) is 126 cm³/mol. The number of ketones is 1. The van der Waals surface area contributed by atoms with Crippen LogP contribution in [-0.4, -0.2) is 81.1 Å². The molecule has 0 spiro atoms. The van der Waals surface area contributed by atoms with Crippen LogP contribution < -0.4 is 19.1 Å². The zero-order valence-corrected chi connectivity index (χ0v) is 20.9. The molecule has 1 aromatic heterocycles. The summed E-state index contributed by atoms with van der Waals surface area (Å²) in [5.41, 5.74) is 0.462. The highest BCUT2D eigenvalue weighted by molar-refractivity contribution is 7.94. The number of Topliss-reactive ketones (excluding diaryl/α,β-unsaturated/α-hetero) is 1. The monoisotopic (exact) mass is 522 g/mol. The van der Waals surface area contributed by atoms with Gasteiger partial charge in [0.25, 0.3) is 5.91 Å². The van der Waals surface area contributed by atoms with Gasteiger partial charge >= 0.3 is 5.97 Å². The molecule has 12 nitrogen and oxygen atoms in total. The molecule has 13 heteroatoms. The fraction of sp³-hybridized carbons (Fsp3) is 0.391. The number of benzene rings is 1. The molecule has 0 saturated carbocycles. The van der Waals surface area contributed by atoms with E-state index in [1.54, 1.807) is 12.1 Å². The Morgan fingerprint density at radius 3 is 2.33 bits per heavy atom. The maximum absolute atomic E-state index is 13.3. The molecule has 0 radical (unpaired) electrons. The Bertz CT molecular complexity index is 1250. The SMILES string of the molecule is COc1cc(COCC(C)S(=O)(=O)C2C(=O)c3cccnc3N(CC(=O)O)C2=O)cc(OC)c1OC. The molecule has 1 amide bonds. The number of hydrogen-bond acceptors (Lipinski definition) is 10. The summed E-state index contributed by atoms with van der Waals surface area (Å²) < 4.78 is 48.0. The minimum Gasteiger partial charge on any atom is -0.493 e. The van der Waals surface area contributed by atoms with Gasteiger partial charge in [-0.15, -0.1) is 0 Å². The minimum absolute atomic E-state index is 0.0268. The van der Waals surface area contributed by atoms with Gasteiger partial charge in [-0.2, -0.15) is 0 Å². The second-order valence-electron chi connectivity index (χ2n) is 7.89. The standard InChI is InChI=1S/C23H26N2O10S/c1-13(11-35-12-14-8-16(32-2)20(34-4)17(9-14)33-3)36(30,31)21-19(28)15-6-5-7-24-22(15)25(23(21)29)10-18(26)27/h5-9,13,21H,10-12H2,1-4H3,(H,26,27). The Labute approximate surface area is 207 Å². The average Bonchev–Trinajstić information content (AvgIpc) is 2.85. The van der Waals surface area contributed by atoms with Crippen molar-refractivity contribution in [3.05, 3.63) is 41.6 Å². The number of anilines is 1. The zero-order valence-electron chi connectivity index (χ0n) is 20.1. The summed E-state index contributed by atoms with van der Waals surface area (Å²) in [5, 5.41) is 5.84. The maximum Gasteiger partial charge on any atom is 0.323 e. The molecule has 36 heavy (non-hydrogen) atoms. The first-order valence-electron chi connectivity index (χ1n) is 10.7. The minimum atomic E-state index is -4.42.